The first-order chi connectivity index (χ1) is 24.0. The van der Waals surface area contributed by atoms with Crippen molar-refractivity contribution in [1.29, 1.82) is 0 Å². The third-order valence-electron chi connectivity index (χ3n) is 7.79. The molecule has 6 nitrogen and oxygen atoms in total. The van der Waals surface area contributed by atoms with E-state index < -0.39 is 5.97 Å². The number of nitrogens with one attached hydrogen (secondary N) is 1. The Bertz CT molecular complexity index is 1020. The summed E-state index contributed by atoms with van der Waals surface area (Å²) >= 11 is 0. The van der Waals surface area contributed by atoms with E-state index in [9.17, 15) is 14.4 Å². The zero-order chi connectivity index (χ0) is 35.9. The molecule has 0 rings (SSSR count). The summed E-state index contributed by atoms with van der Waals surface area (Å²) in [5.41, 5.74) is 0. The van der Waals surface area contributed by atoms with Crippen LogP contribution in [0.4, 0.5) is 0 Å². The highest BCUT2D eigenvalue weighted by molar-refractivity contribution is 5.80. The lowest BCUT2D eigenvalue weighted by Crippen LogP contribution is -2.28. The van der Waals surface area contributed by atoms with E-state index >= 15 is 0 Å². The van der Waals surface area contributed by atoms with Crippen LogP contribution in [-0.4, -0.2) is 35.6 Å². The Kier molecular flexibility index (Phi) is 34.8. The van der Waals surface area contributed by atoms with Gasteiger partial charge in [0.2, 0.25) is 5.91 Å². The van der Waals surface area contributed by atoms with Crippen molar-refractivity contribution >= 4 is 17.8 Å². The fraction of sp³-hybridized carbons (Fsp3) is 0.605. The topological polar surface area (TPSA) is 92.7 Å². The van der Waals surface area contributed by atoms with Gasteiger partial charge in [0.15, 0.2) is 0 Å². The molecule has 0 spiro atoms. The minimum Gasteiger partial charge on any atom is -0.480 e. The molecule has 0 aromatic heterocycles. The van der Waals surface area contributed by atoms with Crippen molar-refractivity contribution in [1.82, 2.24) is 5.32 Å². The summed E-state index contributed by atoms with van der Waals surface area (Å²) in [5.74, 6) is -1.36. The Hall–Kier alpha value is -3.41. The number of aliphatic carboxylic acids is 1. The van der Waals surface area contributed by atoms with Crippen LogP contribution in [0, 0.1) is 0 Å². The zero-order valence-corrected chi connectivity index (χ0v) is 31.0. The second-order valence-electron chi connectivity index (χ2n) is 12.4. The molecule has 0 fully saturated rings. The number of carbonyl (C=O) groups is 3. The normalized spacial score (nSPS) is 13.0. The van der Waals surface area contributed by atoms with Crippen LogP contribution in [0.5, 0.6) is 0 Å². The van der Waals surface area contributed by atoms with Gasteiger partial charge in [-0.3, -0.25) is 14.4 Å². The van der Waals surface area contributed by atoms with E-state index in [4.69, 9.17) is 9.84 Å². The summed E-state index contributed by atoms with van der Waals surface area (Å²) in [6, 6.07) is 0. The monoisotopic (exact) mass is 680 g/mol. The highest BCUT2D eigenvalue weighted by atomic mass is 16.5. The minimum atomic E-state index is -1.03. The van der Waals surface area contributed by atoms with E-state index in [0.29, 0.717) is 12.8 Å². The highest BCUT2D eigenvalue weighted by Gasteiger charge is 2.11. The van der Waals surface area contributed by atoms with Crippen LogP contribution in [0.1, 0.15) is 155 Å². The minimum absolute atomic E-state index is 0.130. The molecule has 276 valence electrons. The molecule has 0 bridgehead atoms. The van der Waals surface area contributed by atoms with Gasteiger partial charge in [-0.1, -0.05) is 138 Å². The number of hydrogen-bond donors (Lipinski definition) is 2. The van der Waals surface area contributed by atoms with Crippen LogP contribution in [-0.2, 0) is 19.1 Å². The summed E-state index contributed by atoms with van der Waals surface area (Å²) in [4.78, 5) is 34.8. The SMILES string of the molecule is CC/C=C\C/C=C\C/C=C\C/C=C\C/C=C\CCCC(=O)OC(/C=C\C/C=C\CCCCCC)CCCCCCCCC(=O)NCC(=O)O. The molecule has 0 heterocycles. The predicted molar refractivity (Wildman–Crippen MR) is 207 cm³/mol. The van der Waals surface area contributed by atoms with E-state index in [-0.39, 0.29) is 24.5 Å². The number of carbonyl (C=O) groups excluding carboxylic acids is 2. The molecule has 1 amide bonds. The Morgan fingerprint density at radius 3 is 1.67 bits per heavy atom. The average molecular weight is 680 g/mol. The molecule has 49 heavy (non-hydrogen) atoms. The maximum absolute atomic E-state index is 12.6. The fourth-order valence-corrected chi connectivity index (χ4v) is 4.97. The number of carboxylic acid groups (broad SMARTS) is 1. The van der Waals surface area contributed by atoms with Gasteiger partial charge in [-0.2, -0.15) is 0 Å². The molecule has 0 radical (unpaired) electrons. The zero-order valence-electron chi connectivity index (χ0n) is 31.0. The number of unbranched alkanes of at least 4 members (excludes halogenated alkanes) is 10. The molecule has 0 aromatic rings. The summed E-state index contributed by atoms with van der Waals surface area (Å²) in [5, 5.41) is 11.0. The lowest BCUT2D eigenvalue weighted by molar-refractivity contribution is -0.147. The van der Waals surface area contributed by atoms with Crippen LogP contribution in [0.3, 0.4) is 0 Å². The molecule has 1 unspecified atom stereocenters. The Labute approximate surface area is 299 Å². The first-order valence-electron chi connectivity index (χ1n) is 19.2. The van der Waals surface area contributed by atoms with Crippen LogP contribution >= 0.6 is 0 Å². The molecule has 0 aliphatic heterocycles. The second kappa shape index (κ2) is 37.4. The molecular weight excluding hydrogens is 610 g/mol. The molecular formula is C43H69NO5. The van der Waals surface area contributed by atoms with Crippen molar-refractivity contribution < 1.29 is 24.2 Å². The number of ether oxygens (including phenoxy) is 1. The Balaban J connectivity index is 4.35. The van der Waals surface area contributed by atoms with Crippen molar-refractivity contribution in [3.63, 3.8) is 0 Å². The molecule has 0 saturated carbocycles. The second-order valence-corrected chi connectivity index (χ2v) is 12.4. The van der Waals surface area contributed by atoms with Crippen molar-refractivity contribution in [2.24, 2.45) is 0 Å². The molecule has 2 N–H and O–H groups in total. The Morgan fingerprint density at radius 2 is 1.08 bits per heavy atom. The molecule has 0 aliphatic carbocycles. The maximum Gasteiger partial charge on any atom is 0.322 e. The van der Waals surface area contributed by atoms with Gasteiger partial charge in [0.1, 0.15) is 12.6 Å². The quantitative estimate of drug-likeness (QED) is 0.0409. The third kappa shape index (κ3) is 37.3. The highest BCUT2D eigenvalue weighted by Crippen LogP contribution is 2.14. The number of hydrogen-bond acceptors (Lipinski definition) is 4. The molecule has 0 saturated heterocycles. The van der Waals surface area contributed by atoms with Gasteiger partial charge in [0, 0.05) is 12.8 Å². The van der Waals surface area contributed by atoms with Crippen molar-refractivity contribution in [3.8, 4) is 0 Å². The van der Waals surface area contributed by atoms with Crippen molar-refractivity contribution in [3.05, 3.63) is 85.1 Å². The number of amides is 1. The summed E-state index contributed by atoms with van der Waals surface area (Å²) in [6.45, 7) is 4.06. The maximum atomic E-state index is 12.6. The van der Waals surface area contributed by atoms with Gasteiger partial charge in [0.25, 0.3) is 0 Å². The summed E-state index contributed by atoms with van der Waals surface area (Å²) in [6.07, 6.45) is 51.4. The Morgan fingerprint density at radius 1 is 0.571 bits per heavy atom. The van der Waals surface area contributed by atoms with E-state index in [1.54, 1.807) is 0 Å². The number of allylic oxidation sites excluding steroid dienone is 13. The predicted octanol–water partition coefficient (Wildman–Crippen LogP) is 11.6. The lowest BCUT2D eigenvalue weighted by atomic mass is 10.1. The summed E-state index contributed by atoms with van der Waals surface area (Å²) < 4.78 is 5.88. The third-order valence-corrected chi connectivity index (χ3v) is 7.79. The first kappa shape index (κ1) is 45.6. The van der Waals surface area contributed by atoms with E-state index in [1.165, 1.54) is 25.7 Å². The molecule has 6 heteroatoms. The van der Waals surface area contributed by atoms with Gasteiger partial charge >= 0.3 is 11.9 Å². The standard InChI is InChI=1S/C43H69NO5/c1-3-5-7-9-11-13-14-15-16-17-18-19-20-22-24-30-34-38-43(48)49-40(35-31-27-23-21-12-10-8-6-4-2)36-32-28-25-26-29-33-37-41(45)44-39-42(46)47/h5,7,11,13,15-16,18-19,21-24,31,35,40H,3-4,6,8-10,12,14,17,20,25-30,32-34,36-39H2,1-2H3,(H,44,45)(H,46,47)/b7-5-,13-11-,16-15-,19-18-,23-21-,24-22-,35-31-. The first-order valence-corrected chi connectivity index (χ1v) is 19.2. The van der Waals surface area contributed by atoms with Gasteiger partial charge in [-0.15, -0.1) is 0 Å². The number of esters is 1. The fourth-order valence-electron chi connectivity index (χ4n) is 4.97. The van der Waals surface area contributed by atoms with Gasteiger partial charge in [-0.25, -0.2) is 0 Å². The lowest BCUT2D eigenvalue weighted by Gasteiger charge is -2.14. The molecule has 0 aliphatic rings. The van der Waals surface area contributed by atoms with Gasteiger partial charge in [0.05, 0.1) is 0 Å². The van der Waals surface area contributed by atoms with Crippen molar-refractivity contribution in [2.75, 3.05) is 6.54 Å². The smallest absolute Gasteiger partial charge is 0.322 e. The average Bonchev–Trinajstić information content (AvgIpc) is 3.08. The van der Waals surface area contributed by atoms with E-state index in [2.05, 4.69) is 104 Å². The number of carboxylic acids is 1. The summed E-state index contributed by atoms with van der Waals surface area (Å²) in [7, 11) is 0. The molecule has 1 atom stereocenters. The van der Waals surface area contributed by atoms with E-state index in [1.807, 2.05) is 0 Å². The van der Waals surface area contributed by atoms with Crippen molar-refractivity contribution in [2.45, 2.75) is 161 Å². The van der Waals surface area contributed by atoms with Crippen LogP contribution in [0.25, 0.3) is 0 Å². The van der Waals surface area contributed by atoms with E-state index in [0.717, 1.165) is 103 Å². The van der Waals surface area contributed by atoms with Crippen LogP contribution in [0.2, 0.25) is 0 Å². The van der Waals surface area contributed by atoms with Gasteiger partial charge in [-0.05, 0) is 89.5 Å². The largest absolute Gasteiger partial charge is 0.480 e. The number of rotatable bonds is 33. The molecule has 0 aromatic carbocycles. The van der Waals surface area contributed by atoms with Crippen LogP contribution in [0.15, 0.2) is 85.1 Å². The van der Waals surface area contributed by atoms with Crippen LogP contribution < -0.4 is 5.32 Å². The van der Waals surface area contributed by atoms with Gasteiger partial charge < -0.3 is 15.2 Å².